The van der Waals surface area contributed by atoms with Gasteiger partial charge in [0.15, 0.2) is 0 Å². The summed E-state index contributed by atoms with van der Waals surface area (Å²) in [5.41, 5.74) is 7.49. The van der Waals surface area contributed by atoms with Gasteiger partial charge in [0.05, 0.1) is 115 Å². The van der Waals surface area contributed by atoms with Crippen LogP contribution in [0, 0.1) is 11.8 Å². The average Bonchev–Trinajstić information content (AvgIpc) is 2.03. The van der Waals surface area contributed by atoms with E-state index >= 15 is 0 Å². The van der Waals surface area contributed by atoms with Crippen molar-refractivity contribution in [2.45, 2.75) is 128 Å². The summed E-state index contributed by atoms with van der Waals surface area (Å²) >= 11 is 0. The summed E-state index contributed by atoms with van der Waals surface area (Å²) in [6.45, 7) is 18.3. The second-order valence-corrected chi connectivity index (χ2v) is 23.7. The fourth-order valence-electron chi connectivity index (χ4n) is 11.8. The van der Waals surface area contributed by atoms with Crippen molar-refractivity contribution in [2.24, 2.45) is 11.8 Å². The van der Waals surface area contributed by atoms with Crippen molar-refractivity contribution in [3.05, 3.63) is 114 Å². The van der Waals surface area contributed by atoms with E-state index < -0.39 is 36.5 Å². The number of benzene rings is 3. The van der Waals surface area contributed by atoms with E-state index in [0.717, 1.165) is 65.0 Å². The highest BCUT2D eigenvalue weighted by Gasteiger charge is 2.52. The number of likely N-dealkylation sites (tertiary alicyclic amines) is 2. The molecule has 0 saturated carbocycles. The molecule has 0 aliphatic carbocycles. The van der Waals surface area contributed by atoms with E-state index in [1.807, 2.05) is 49.9 Å². The van der Waals surface area contributed by atoms with Crippen molar-refractivity contribution in [3.63, 3.8) is 0 Å². The predicted molar refractivity (Wildman–Crippen MR) is 322 cm³/mol. The van der Waals surface area contributed by atoms with Crippen LogP contribution in [0.1, 0.15) is 127 Å². The van der Waals surface area contributed by atoms with Crippen LogP contribution < -0.4 is 15.5 Å². The third-order valence-corrected chi connectivity index (χ3v) is 16.3. The van der Waals surface area contributed by atoms with E-state index in [9.17, 15) is 19.2 Å². The van der Waals surface area contributed by atoms with Gasteiger partial charge in [-0.15, -0.1) is 0 Å². The molecule has 0 radical (unpaired) electrons. The second-order valence-electron chi connectivity index (χ2n) is 23.7. The maximum absolute atomic E-state index is 14.0. The van der Waals surface area contributed by atoms with Crippen LogP contribution in [-0.4, -0.2) is 172 Å². The van der Waals surface area contributed by atoms with Gasteiger partial charge < -0.3 is 73.2 Å². The summed E-state index contributed by atoms with van der Waals surface area (Å²) in [6, 6.07) is 22.9. The lowest BCUT2D eigenvalue weighted by molar-refractivity contribution is -0.136. The van der Waals surface area contributed by atoms with Gasteiger partial charge in [-0.2, -0.15) is 0 Å². The monoisotopic (exact) mass is 1180 g/mol. The largest absolute Gasteiger partial charge is 0.453 e. The Morgan fingerprint density at radius 3 is 1.33 bits per heavy atom. The summed E-state index contributed by atoms with van der Waals surface area (Å²) in [6.07, 6.45) is 4.34. The number of methoxy groups -OCH3 is 4. The quantitative estimate of drug-likeness (QED) is 0.0359. The highest BCUT2D eigenvalue weighted by Crippen LogP contribution is 2.51. The van der Waals surface area contributed by atoms with Gasteiger partial charge in [-0.3, -0.25) is 9.59 Å². The fraction of sp³-hybridized carbons (Fsp3) is 0.562. The Hall–Kier alpha value is -6.88. The van der Waals surface area contributed by atoms with Crippen LogP contribution in [0.5, 0.6) is 0 Å². The van der Waals surface area contributed by atoms with Gasteiger partial charge in [0.25, 0.3) is 0 Å². The number of anilines is 1. The van der Waals surface area contributed by atoms with Gasteiger partial charge in [0, 0.05) is 33.0 Å². The molecule has 8 atom stereocenters. The van der Waals surface area contributed by atoms with Crippen LogP contribution >= 0.6 is 0 Å². The van der Waals surface area contributed by atoms with Gasteiger partial charge in [-0.25, -0.2) is 19.6 Å². The van der Waals surface area contributed by atoms with Crippen LogP contribution in [0.25, 0.3) is 22.5 Å². The van der Waals surface area contributed by atoms with Crippen LogP contribution in [0.15, 0.2) is 85.2 Å². The zero-order valence-electron chi connectivity index (χ0n) is 51.4. The first-order valence-electron chi connectivity index (χ1n) is 29.8. The molecule has 462 valence electrons. The molecule has 8 rings (SSSR count). The molecule has 21 heteroatoms. The van der Waals surface area contributed by atoms with Gasteiger partial charge in [0.1, 0.15) is 35.9 Å². The zero-order valence-corrected chi connectivity index (χ0v) is 51.4. The lowest BCUT2D eigenvalue weighted by Gasteiger charge is -2.35. The number of rotatable bonds is 27. The van der Waals surface area contributed by atoms with Crippen LogP contribution in [0.3, 0.4) is 0 Å². The molecule has 3 aliphatic rings. The van der Waals surface area contributed by atoms with E-state index in [-0.39, 0.29) is 66.4 Å². The van der Waals surface area contributed by atoms with E-state index in [4.69, 9.17) is 47.9 Å². The fourth-order valence-corrected chi connectivity index (χ4v) is 11.8. The summed E-state index contributed by atoms with van der Waals surface area (Å²) in [7, 11) is 5.88. The molecule has 85 heavy (non-hydrogen) atoms. The molecule has 21 nitrogen and oxygen atoms in total. The van der Waals surface area contributed by atoms with E-state index in [2.05, 4.69) is 119 Å². The molecule has 4 amide bonds. The number of amides is 4. The third-order valence-electron chi connectivity index (χ3n) is 16.3. The minimum Gasteiger partial charge on any atom is -0.453 e. The topological polar surface area (TPSA) is 233 Å². The Labute approximate surface area is 500 Å². The molecule has 5 aromatic rings. The number of carbonyl (C=O) groups is 4. The maximum Gasteiger partial charge on any atom is 0.407 e. The number of nitrogens with one attached hydrogen (secondary N) is 4. The van der Waals surface area contributed by atoms with Crippen molar-refractivity contribution in [3.8, 4) is 22.5 Å². The van der Waals surface area contributed by atoms with Crippen LogP contribution in [-0.2, 0) is 52.9 Å². The number of hydrogen-bond donors (Lipinski definition) is 4. The number of alkyl carbamates (subject to hydrolysis) is 2. The number of aromatic nitrogens is 4. The SMILES string of the molecule is COCCOCCO[C@H]1[C@H](OCCOCCOC)C(c2ccc(-c3cnc([C@@H]4CCCN4C(=O)[C@@H](NC(=O)OC)C(C)C)[nH]3)cc2)N(c2ccc(C(C)(C)C)cc2)[C@H]1c1ccc(-c2cnc([C@@H]3CCCN3C(=O)[C@@H](NC(=O)OC)C(C)C)[nH]2)cc1. The first kappa shape index (κ1) is 64.1. The molecule has 5 heterocycles. The molecule has 3 saturated heterocycles. The first-order chi connectivity index (χ1) is 41.0. The molecule has 3 aromatic carbocycles. The Kier molecular flexibility index (Phi) is 22.6. The third kappa shape index (κ3) is 15.6. The predicted octanol–water partition coefficient (Wildman–Crippen LogP) is 9.25. The van der Waals surface area contributed by atoms with Crippen molar-refractivity contribution >= 4 is 29.7 Å². The molecular formula is C64H89N9O12. The number of carbonyl (C=O) groups excluding carboxylic acids is 4. The molecule has 1 unspecified atom stereocenters. The smallest absolute Gasteiger partial charge is 0.407 e. The van der Waals surface area contributed by atoms with Crippen molar-refractivity contribution in [1.82, 2.24) is 40.4 Å². The van der Waals surface area contributed by atoms with Crippen molar-refractivity contribution in [2.75, 3.05) is 99.3 Å². The van der Waals surface area contributed by atoms with E-state index in [1.54, 1.807) is 14.2 Å². The zero-order chi connectivity index (χ0) is 60.8. The highest BCUT2D eigenvalue weighted by atomic mass is 16.6. The second kappa shape index (κ2) is 30.0. The lowest BCUT2D eigenvalue weighted by Crippen LogP contribution is -2.51. The number of imidazole rings is 2. The summed E-state index contributed by atoms with van der Waals surface area (Å²) < 4.78 is 46.4. The lowest BCUT2D eigenvalue weighted by atomic mass is 9.87. The standard InChI is InChI=1S/C64H89N9O12/c1-40(2)52(69-62(76)80-10)60(74)71-28-12-14-50(71)58-65-38-48(67-58)42-16-20-44(21-17-42)54-56(84-36-34-82-32-30-78-8)57(85-37-35-83-33-31-79-9)55(73(54)47-26-24-46(25-27-47)64(5,6)7)45-22-18-43(19-23-45)49-39-66-59(68-49)51-15-13-29-72(51)61(75)53(41(3)4)70-63(77)81-11/h16-27,38-41,50-57H,12-15,28-37H2,1-11H3,(H,65,67)(H,66,68)(H,69,76)(H,70,77)/t50-,51-,52-,53-,54-,55?,56+,57+/m0/s1. The Morgan fingerprint density at radius 1 is 0.565 bits per heavy atom. The number of aromatic amines is 2. The highest BCUT2D eigenvalue weighted by molar-refractivity contribution is 5.87. The van der Waals surface area contributed by atoms with Crippen molar-refractivity contribution in [1.29, 1.82) is 0 Å². The molecule has 4 N–H and O–H groups in total. The summed E-state index contributed by atoms with van der Waals surface area (Å²) in [5.74, 6) is 0.704. The van der Waals surface area contributed by atoms with E-state index in [0.29, 0.717) is 64.4 Å². The summed E-state index contributed by atoms with van der Waals surface area (Å²) in [5, 5.41) is 5.48. The van der Waals surface area contributed by atoms with Gasteiger partial charge in [-0.1, -0.05) is 109 Å². The first-order valence-corrected chi connectivity index (χ1v) is 29.8. The number of hydrogen-bond acceptors (Lipinski definition) is 15. The number of nitrogens with zero attached hydrogens (tertiary/aromatic N) is 5. The molecule has 2 aromatic heterocycles. The molecule has 3 aliphatic heterocycles. The van der Waals surface area contributed by atoms with Crippen LogP contribution in [0.4, 0.5) is 15.3 Å². The minimum atomic E-state index is -0.746. The number of ether oxygens (including phenoxy) is 8. The Balaban J connectivity index is 1.15. The maximum atomic E-state index is 14.0. The molecular weight excluding hydrogens is 1090 g/mol. The average molecular weight is 1180 g/mol. The number of H-pyrrole nitrogens is 2. The Bertz CT molecular complexity index is 2760. The molecule has 0 spiro atoms. The van der Waals surface area contributed by atoms with Crippen LogP contribution in [0.2, 0.25) is 0 Å². The molecule has 3 fully saturated rings. The minimum absolute atomic E-state index is 0.0937. The van der Waals surface area contributed by atoms with Gasteiger partial charge in [-0.05, 0) is 82.9 Å². The normalized spacial score (nSPS) is 20.6. The summed E-state index contributed by atoms with van der Waals surface area (Å²) in [4.78, 5) is 75.4. The van der Waals surface area contributed by atoms with Gasteiger partial charge >= 0.3 is 12.2 Å². The van der Waals surface area contributed by atoms with Gasteiger partial charge in [0.2, 0.25) is 11.8 Å². The van der Waals surface area contributed by atoms with Crippen molar-refractivity contribution < 1.29 is 57.1 Å². The van der Waals surface area contributed by atoms with E-state index in [1.165, 1.54) is 19.8 Å². The Morgan fingerprint density at radius 2 is 0.965 bits per heavy atom. The molecule has 0 bridgehead atoms.